The molecule has 4 rings (SSSR count). The third-order valence-electron chi connectivity index (χ3n) is 5.17. The molecule has 7 nitrogen and oxygen atoms in total. The fraction of sp³-hybridized carbons (Fsp3) is 0.261. The average Bonchev–Trinajstić information content (AvgIpc) is 2.81. The number of nitrogens with zero attached hydrogens (tertiary/aromatic N) is 1. The number of carbonyl (C=O) groups excluding carboxylic acids is 3. The van der Waals surface area contributed by atoms with Gasteiger partial charge in [-0.25, -0.2) is 4.79 Å². The lowest BCUT2D eigenvalue weighted by atomic mass is 10.0. The van der Waals surface area contributed by atoms with E-state index in [0.29, 0.717) is 11.5 Å². The number of nitrogens with one attached hydrogen (secondary N) is 1. The van der Waals surface area contributed by atoms with Gasteiger partial charge in [0.05, 0.1) is 18.6 Å². The molecule has 32 heavy (non-hydrogen) atoms. The van der Waals surface area contributed by atoms with Crippen LogP contribution in [-0.4, -0.2) is 47.0 Å². The number of halogens is 1. The minimum absolute atomic E-state index is 0.0353. The second kappa shape index (κ2) is 9.67. The van der Waals surface area contributed by atoms with Crippen molar-refractivity contribution in [3.8, 4) is 5.75 Å². The number of ether oxygens (including phenoxy) is 2. The van der Waals surface area contributed by atoms with Gasteiger partial charge in [-0.15, -0.1) is 11.8 Å². The number of fused-ring (bicyclic) bond motifs is 1. The minimum Gasteiger partial charge on any atom is -0.497 e. The van der Waals surface area contributed by atoms with Gasteiger partial charge in [-0.2, -0.15) is 0 Å². The Morgan fingerprint density at radius 2 is 1.84 bits per heavy atom. The molecule has 2 heterocycles. The van der Waals surface area contributed by atoms with Crippen molar-refractivity contribution in [2.24, 2.45) is 0 Å². The van der Waals surface area contributed by atoms with Gasteiger partial charge in [-0.1, -0.05) is 54.1 Å². The van der Waals surface area contributed by atoms with Crippen LogP contribution in [0.25, 0.3) is 0 Å². The van der Waals surface area contributed by atoms with Gasteiger partial charge >= 0.3 is 5.97 Å². The molecule has 9 heteroatoms. The second-order valence-electron chi connectivity index (χ2n) is 7.30. The predicted octanol–water partition coefficient (Wildman–Crippen LogP) is 2.83. The van der Waals surface area contributed by atoms with E-state index < -0.39 is 17.4 Å². The molecule has 2 atom stereocenters. The van der Waals surface area contributed by atoms with E-state index in [0.717, 1.165) is 11.1 Å². The van der Waals surface area contributed by atoms with Crippen LogP contribution in [0.15, 0.2) is 65.3 Å². The highest BCUT2D eigenvalue weighted by Crippen LogP contribution is 2.41. The van der Waals surface area contributed by atoms with Crippen LogP contribution in [-0.2, 0) is 32.1 Å². The maximum Gasteiger partial charge on any atom is 0.356 e. The van der Waals surface area contributed by atoms with Gasteiger partial charge in [0.15, 0.2) is 0 Å². The molecule has 0 radical (unpaired) electrons. The van der Waals surface area contributed by atoms with Crippen LogP contribution in [0.1, 0.15) is 11.1 Å². The van der Waals surface area contributed by atoms with Crippen LogP contribution in [0.2, 0.25) is 0 Å². The lowest BCUT2D eigenvalue weighted by Gasteiger charge is -2.49. The molecular weight excluding hydrogens is 452 g/mol. The van der Waals surface area contributed by atoms with Crippen LogP contribution in [0.4, 0.5) is 0 Å². The summed E-state index contributed by atoms with van der Waals surface area (Å²) in [6.07, 6.45) is 0.176. The fourth-order valence-electron chi connectivity index (χ4n) is 3.52. The third-order valence-corrected chi connectivity index (χ3v) is 6.92. The van der Waals surface area contributed by atoms with Crippen molar-refractivity contribution in [1.29, 1.82) is 0 Å². The summed E-state index contributed by atoms with van der Waals surface area (Å²) in [6.45, 7) is 0.0353. The molecule has 0 bridgehead atoms. The molecule has 2 aromatic rings. The van der Waals surface area contributed by atoms with Crippen molar-refractivity contribution in [3.63, 3.8) is 0 Å². The molecule has 1 N–H and O–H groups in total. The van der Waals surface area contributed by atoms with Gasteiger partial charge in [0.1, 0.15) is 29.5 Å². The Hall–Kier alpha value is -2.97. The zero-order chi connectivity index (χ0) is 22.7. The molecule has 2 aliphatic rings. The Labute approximate surface area is 194 Å². The number of methoxy groups -OCH3 is 1. The van der Waals surface area contributed by atoms with Crippen molar-refractivity contribution in [2.75, 3.05) is 12.9 Å². The Balaban J connectivity index is 1.37. The maximum absolute atomic E-state index is 12.8. The Morgan fingerprint density at radius 3 is 2.53 bits per heavy atom. The van der Waals surface area contributed by atoms with Crippen LogP contribution in [0.3, 0.4) is 0 Å². The number of esters is 1. The number of thioether (sulfide) groups is 1. The van der Waals surface area contributed by atoms with Gasteiger partial charge in [0, 0.05) is 5.75 Å². The predicted molar refractivity (Wildman–Crippen MR) is 121 cm³/mol. The quantitative estimate of drug-likeness (QED) is 0.492. The van der Waals surface area contributed by atoms with E-state index in [1.807, 2.05) is 30.3 Å². The largest absolute Gasteiger partial charge is 0.497 e. The van der Waals surface area contributed by atoms with Crippen molar-refractivity contribution in [3.05, 3.63) is 76.5 Å². The van der Waals surface area contributed by atoms with E-state index in [9.17, 15) is 14.4 Å². The number of benzene rings is 2. The van der Waals surface area contributed by atoms with E-state index in [-0.39, 0.29) is 35.6 Å². The van der Waals surface area contributed by atoms with Crippen LogP contribution in [0.5, 0.6) is 5.75 Å². The molecule has 166 valence electrons. The maximum atomic E-state index is 12.8. The second-order valence-corrected chi connectivity index (χ2v) is 8.86. The van der Waals surface area contributed by atoms with Crippen molar-refractivity contribution in [1.82, 2.24) is 10.2 Å². The lowest BCUT2D eigenvalue weighted by Crippen LogP contribution is -2.70. The van der Waals surface area contributed by atoms with Gasteiger partial charge in [0.25, 0.3) is 5.91 Å². The first kappa shape index (κ1) is 22.2. The fourth-order valence-corrected chi connectivity index (χ4v) is 5.06. The standard InChI is InChI=1S/C23H21ClN2O5S/c1-30-16-9-7-15(8-10-16)12-31-23(29)20-17(24)13-32-22-19(21(28)26(20)22)25-18(27)11-14-5-3-2-4-6-14/h2-10,19,22H,11-13H2,1H3,(H,25,27). The Bertz CT molecular complexity index is 1060. The van der Waals surface area contributed by atoms with Crippen LogP contribution < -0.4 is 10.1 Å². The first-order valence-corrected chi connectivity index (χ1v) is 11.4. The molecule has 0 saturated carbocycles. The monoisotopic (exact) mass is 472 g/mol. The third kappa shape index (κ3) is 4.61. The smallest absolute Gasteiger partial charge is 0.356 e. The van der Waals surface area contributed by atoms with Crippen molar-refractivity contribution < 1.29 is 23.9 Å². The first-order valence-electron chi connectivity index (χ1n) is 9.94. The Kier molecular flexibility index (Phi) is 6.72. The van der Waals surface area contributed by atoms with Crippen LogP contribution >= 0.6 is 23.4 Å². The Morgan fingerprint density at radius 1 is 1.12 bits per heavy atom. The number of hydrogen-bond acceptors (Lipinski definition) is 6. The van der Waals surface area contributed by atoms with E-state index in [2.05, 4.69) is 5.32 Å². The number of rotatable bonds is 7. The molecule has 1 saturated heterocycles. The molecule has 0 aliphatic carbocycles. The number of hydrogen-bond donors (Lipinski definition) is 1. The SMILES string of the molecule is COc1ccc(COC(=O)C2=C(Cl)CSC3C(NC(=O)Cc4ccccc4)C(=O)N23)cc1. The van der Waals surface area contributed by atoms with Crippen molar-refractivity contribution >= 4 is 41.1 Å². The van der Waals surface area contributed by atoms with E-state index >= 15 is 0 Å². The van der Waals surface area contributed by atoms with E-state index in [1.54, 1.807) is 31.4 Å². The highest BCUT2D eigenvalue weighted by Gasteiger charge is 2.54. The normalized spacial score (nSPS) is 19.7. The summed E-state index contributed by atoms with van der Waals surface area (Å²) in [6, 6.07) is 15.7. The summed E-state index contributed by atoms with van der Waals surface area (Å²) < 4.78 is 10.5. The van der Waals surface area contributed by atoms with Gasteiger partial charge in [-0.3, -0.25) is 14.5 Å². The average molecular weight is 473 g/mol. The molecule has 2 unspecified atom stereocenters. The molecule has 1 fully saturated rings. The lowest BCUT2D eigenvalue weighted by molar-refractivity contribution is -0.153. The summed E-state index contributed by atoms with van der Waals surface area (Å²) in [5, 5.41) is 2.64. The molecule has 0 aromatic heterocycles. The van der Waals surface area contributed by atoms with Gasteiger partial charge in [-0.05, 0) is 23.3 Å². The highest BCUT2D eigenvalue weighted by molar-refractivity contribution is 8.00. The first-order chi connectivity index (χ1) is 15.5. The molecule has 0 spiro atoms. The molecular formula is C23H21ClN2O5S. The topological polar surface area (TPSA) is 84.9 Å². The summed E-state index contributed by atoms with van der Waals surface area (Å²) in [5.74, 6) is -0.242. The number of amides is 2. The molecule has 2 amide bonds. The molecule has 2 aromatic carbocycles. The van der Waals surface area contributed by atoms with E-state index in [4.69, 9.17) is 21.1 Å². The summed E-state index contributed by atoms with van der Waals surface area (Å²) >= 11 is 7.68. The highest BCUT2D eigenvalue weighted by atomic mass is 35.5. The summed E-state index contributed by atoms with van der Waals surface area (Å²) in [4.78, 5) is 39.2. The summed E-state index contributed by atoms with van der Waals surface area (Å²) in [5.41, 5.74) is 1.68. The summed E-state index contributed by atoms with van der Waals surface area (Å²) in [7, 11) is 1.57. The van der Waals surface area contributed by atoms with Gasteiger partial charge < -0.3 is 14.8 Å². The minimum atomic E-state index is -0.703. The van der Waals surface area contributed by atoms with Crippen molar-refractivity contribution in [2.45, 2.75) is 24.4 Å². The number of carbonyl (C=O) groups is 3. The van der Waals surface area contributed by atoms with Gasteiger partial charge in [0.2, 0.25) is 5.91 Å². The number of β-lactam (4-membered cyclic amide) rings is 1. The zero-order valence-electron chi connectivity index (χ0n) is 17.2. The molecule has 2 aliphatic heterocycles. The zero-order valence-corrected chi connectivity index (χ0v) is 18.8. The van der Waals surface area contributed by atoms with E-state index in [1.165, 1.54) is 16.7 Å². The van der Waals surface area contributed by atoms with Crippen LogP contribution in [0, 0.1) is 0 Å².